The molecule has 0 amide bonds. The van der Waals surface area contributed by atoms with Crippen LogP contribution in [0.5, 0.6) is 0 Å². The molecule has 0 radical (unpaired) electrons. The quantitative estimate of drug-likeness (QED) is 0.535. The van der Waals surface area contributed by atoms with Gasteiger partial charge in [-0.3, -0.25) is 20.2 Å². The van der Waals surface area contributed by atoms with Gasteiger partial charge in [-0.25, -0.2) is 0 Å². The molecule has 3 aromatic rings. The van der Waals surface area contributed by atoms with E-state index in [1.54, 1.807) is 18.2 Å². The lowest BCUT2D eigenvalue weighted by atomic mass is 10.1. The van der Waals surface area contributed by atoms with Crippen LogP contribution < -0.4 is 0 Å². The second-order valence-electron chi connectivity index (χ2n) is 5.35. The Morgan fingerprint density at radius 1 is 1.00 bits per heavy atom. The van der Waals surface area contributed by atoms with Crippen LogP contribution in [0.3, 0.4) is 0 Å². The molecule has 0 saturated carbocycles. The van der Waals surface area contributed by atoms with Crippen LogP contribution in [0.2, 0.25) is 0 Å². The molecule has 0 N–H and O–H groups in total. The molecule has 0 unspecified atom stereocenters. The van der Waals surface area contributed by atoms with E-state index in [4.69, 9.17) is 0 Å². The number of fused-ring (bicyclic) bond motifs is 3. The number of nitro groups is 2. The second-order valence-corrected chi connectivity index (χ2v) is 5.35. The summed E-state index contributed by atoms with van der Waals surface area (Å²) in [6.07, 6.45) is 0. The molecule has 0 bridgehead atoms. The van der Waals surface area contributed by atoms with Crippen molar-refractivity contribution in [3.8, 4) is 0 Å². The summed E-state index contributed by atoms with van der Waals surface area (Å²) in [5.41, 5.74) is 1.23. The molecule has 0 atom stereocenters. The number of hydrogen-bond acceptors (Lipinski definition) is 4. The van der Waals surface area contributed by atoms with Gasteiger partial charge in [-0.2, -0.15) is 0 Å². The van der Waals surface area contributed by atoms with E-state index in [1.165, 1.54) is 18.2 Å². The molecule has 0 aliphatic carbocycles. The van der Waals surface area contributed by atoms with Crippen molar-refractivity contribution in [3.05, 3.63) is 56.6 Å². The number of para-hydroxylation sites is 1. The van der Waals surface area contributed by atoms with E-state index in [1.807, 2.05) is 18.4 Å². The normalized spacial score (nSPS) is 11.4. The van der Waals surface area contributed by atoms with Crippen molar-refractivity contribution in [1.82, 2.24) is 4.57 Å². The molecule has 22 heavy (non-hydrogen) atoms. The molecule has 2 aromatic carbocycles. The minimum atomic E-state index is -0.463. The van der Waals surface area contributed by atoms with Crippen LogP contribution >= 0.6 is 0 Å². The Morgan fingerprint density at radius 3 is 2.32 bits per heavy atom. The summed E-state index contributed by atoms with van der Waals surface area (Å²) in [6, 6.07) is 9.34. The SMILES string of the molecule is CC(C)n1c2ccc([N+](=O)[O-])cc2c2cccc([N+](=O)[O-])c21. The zero-order chi connectivity index (χ0) is 16.0. The zero-order valence-electron chi connectivity index (χ0n) is 12.0. The van der Waals surface area contributed by atoms with Gasteiger partial charge in [0.2, 0.25) is 0 Å². The number of nitro benzene ring substituents is 2. The van der Waals surface area contributed by atoms with Crippen LogP contribution in [-0.2, 0) is 0 Å². The summed E-state index contributed by atoms with van der Waals surface area (Å²) >= 11 is 0. The Morgan fingerprint density at radius 2 is 1.73 bits per heavy atom. The van der Waals surface area contributed by atoms with E-state index >= 15 is 0 Å². The molecule has 0 fully saturated rings. The van der Waals surface area contributed by atoms with Crippen LogP contribution in [0.4, 0.5) is 11.4 Å². The molecule has 7 heteroatoms. The second kappa shape index (κ2) is 4.80. The highest BCUT2D eigenvalue weighted by atomic mass is 16.6. The molecule has 112 valence electrons. The molecular formula is C15H13N3O4. The van der Waals surface area contributed by atoms with Crippen molar-refractivity contribution in [2.24, 2.45) is 0 Å². The number of rotatable bonds is 3. The monoisotopic (exact) mass is 299 g/mol. The lowest BCUT2D eigenvalue weighted by Crippen LogP contribution is -2.02. The first kappa shape index (κ1) is 14.0. The average molecular weight is 299 g/mol. The molecular weight excluding hydrogens is 286 g/mol. The molecule has 3 rings (SSSR count). The van der Waals surface area contributed by atoms with Gasteiger partial charge < -0.3 is 4.57 Å². The standard InChI is InChI=1S/C15H13N3O4/c1-9(2)16-13-7-6-10(17(19)20)8-12(13)11-4-3-5-14(15(11)16)18(21)22/h3-9H,1-2H3. The van der Waals surface area contributed by atoms with E-state index < -0.39 is 9.85 Å². The number of hydrogen-bond donors (Lipinski definition) is 0. The van der Waals surface area contributed by atoms with E-state index in [9.17, 15) is 20.2 Å². The predicted molar refractivity (Wildman–Crippen MR) is 83.1 cm³/mol. The van der Waals surface area contributed by atoms with Crippen molar-refractivity contribution >= 4 is 33.2 Å². The lowest BCUT2D eigenvalue weighted by molar-refractivity contribution is -0.384. The first-order chi connectivity index (χ1) is 10.4. The van der Waals surface area contributed by atoms with Crippen molar-refractivity contribution in [2.45, 2.75) is 19.9 Å². The smallest absolute Gasteiger partial charge is 0.293 e. The van der Waals surface area contributed by atoms with Crippen LogP contribution in [0, 0.1) is 20.2 Å². The van der Waals surface area contributed by atoms with Crippen LogP contribution in [0.25, 0.3) is 21.8 Å². The largest absolute Gasteiger partial charge is 0.332 e. The third-order valence-electron chi connectivity index (χ3n) is 3.71. The van der Waals surface area contributed by atoms with Crippen molar-refractivity contribution in [2.75, 3.05) is 0 Å². The molecule has 0 aliphatic heterocycles. The Kier molecular flexibility index (Phi) is 3.05. The molecule has 0 aliphatic rings. The number of benzene rings is 2. The number of nitrogens with zero attached hydrogens (tertiary/aromatic N) is 3. The Labute approximate surface area is 125 Å². The zero-order valence-corrected chi connectivity index (χ0v) is 12.0. The van der Waals surface area contributed by atoms with Crippen molar-refractivity contribution in [1.29, 1.82) is 0 Å². The average Bonchev–Trinajstić information content (AvgIpc) is 2.80. The molecule has 7 nitrogen and oxygen atoms in total. The van der Waals surface area contributed by atoms with Gasteiger partial charge in [-0.05, 0) is 19.9 Å². The summed E-state index contributed by atoms with van der Waals surface area (Å²) in [5, 5.41) is 23.6. The van der Waals surface area contributed by atoms with Crippen LogP contribution in [0.15, 0.2) is 36.4 Å². The first-order valence-electron chi connectivity index (χ1n) is 6.77. The van der Waals surface area contributed by atoms with Gasteiger partial charge in [0.25, 0.3) is 11.4 Å². The minimum absolute atomic E-state index is 0.00468. The molecule has 0 saturated heterocycles. The fourth-order valence-corrected chi connectivity index (χ4v) is 2.87. The van der Waals surface area contributed by atoms with Gasteiger partial charge in [0.15, 0.2) is 0 Å². The summed E-state index contributed by atoms with van der Waals surface area (Å²) in [5.74, 6) is 0. The van der Waals surface area contributed by atoms with Gasteiger partial charge in [0.1, 0.15) is 5.52 Å². The van der Waals surface area contributed by atoms with Gasteiger partial charge in [0, 0.05) is 35.0 Å². The van der Waals surface area contributed by atoms with E-state index in [0.29, 0.717) is 16.3 Å². The highest BCUT2D eigenvalue weighted by Gasteiger charge is 2.22. The fourth-order valence-electron chi connectivity index (χ4n) is 2.87. The Balaban J connectivity index is 2.55. The predicted octanol–water partition coefficient (Wildman–Crippen LogP) is 4.19. The highest BCUT2D eigenvalue weighted by molar-refractivity contribution is 6.11. The maximum Gasteiger partial charge on any atom is 0.293 e. The van der Waals surface area contributed by atoms with Crippen molar-refractivity contribution in [3.63, 3.8) is 0 Å². The van der Waals surface area contributed by atoms with Crippen molar-refractivity contribution < 1.29 is 9.85 Å². The van der Waals surface area contributed by atoms with E-state index in [2.05, 4.69) is 0 Å². The maximum absolute atomic E-state index is 11.3. The maximum atomic E-state index is 11.3. The molecule has 1 aromatic heterocycles. The van der Waals surface area contributed by atoms with Gasteiger partial charge in [-0.15, -0.1) is 0 Å². The first-order valence-corrected chi connectivity index (χ1v) is 6.77. The Bertz CT molecular complexity index is 927. The van der Waals surface area contributed by atoms with Gasteiger partial charge in [-0.1, -0.05) is 12.1 Å². The lowest BCUT2D eigenvalue weighted by Gasteiger charge is -2.11. The molecule has 0 spiro atoms. The van der Waals surface area contributed by atoms with Crippen LogP contribution in [-0.4, -0.2) is 14.4 Å². The summed E-state index contributed by atoms with van der Waals surface area (Å²) in [7, 11) is 0. The topological polar surface area (TPSA) is 91.2 Å². The van der Waals surface area contributed by atoms with E-state index in [-0.39, 0.29) is 17.4 Å². The molecule has 1 heterocycles. The highest BCUT2D eigenvalue weighted by Crippen LogP contribution is 2.38. The van der Waals surface area contributed by atoms with Gasteiger partial charge >= 0.3 is 0 Å². The summed E-state index contributed by atoms with van der Waals surface area (Å²) in [4.78, 5) is 21.4. The summed E-state index contributed by atoms with van der Waals surface area (Å²) in [6.45, 7) is 3.86. The Hall–Kier alpha value is -2.96. The van der Waals surface area contributed by atoms with E-state index in [0.717, 1.165) is 5.52 Å². The number of aromatic nitrogens is 1. The minimum Gasteiger partial charge on any atom is -0.332 e. The third-order valence-corrected chi connectivity index (χ3v) is 3.71. The fraction of sp³-hybridized carbons (Fsp3) is 0.200. The van der Waals surface area contributed by atoms with Gasteiger partial charge in [0.05, 0.1) is 15.4 Å². The summed E-state index contributed by atoms with van der Waals surface area (Å²) < 4.78 is 1.85. The third kappa shape index (κ3) is 1.90. The number of non-ortho nitro benzene ring substituents is 2. The van der Waals surface area contributed by atoms with Crippen LogP contribution in [0.1, 0.15) is 19.9 Å².